The second-order valence-corrected chi connectivity index (χ2v) is 5.46. The van der Waals surface area contributed by atoms with E-state index in [4.69, 9.17) is 4.74 Å². The van der Waals surface area contributed by atoms with Crippen LogP contribution in [0.2, 0.25) is 0 Å². The molecule has 0 aliphatic heterocycles. The highest BCUT2D eigenvalue weighted by atomic mass is 19.1. The Morgan fingerprint density at radius 1 is 1.08 bits per heavy atom. The van der Waals surface area contributed by atoms with E-state index in [0.29, 0.717) is 5.69 Å². The van der Waals surface area contributed by atoms with Crippen molar-refractivity contribution in [2.75, 3.05) is 18.5 Å². The SMILES string of the molecule is CCc1cccc(NC(=O)COC(=O)CNC(=O)c2cccc(F)c2)c1. The fourth-order valence-electron chi connectivity index (χ4n) is 2.15. The number of anilines is 1. The fourth-order valence-corrected chi connectivity index (χ4v) is 2.15. The van der Waals surface area contributed by atoms with Gasteiger partial charge in [0.05, 0.1) is 0 Å². The highest BCUT2D eigenvalue weighted by molar-refractivity contribution is 5.96. The molecule has 26 heavy (non-hydrogen) atoms. The van der Waals surface area contributed by atoms with Gasteiger partial charge in [0, 0.05) is 11.3 Å². The smallest absolute Gasteiger partial charge is 0.325 e. The predicted molar refractivity (Wildman–Crippen MR) is 94.1 cm³/mol. The van der Waals surface area contributed by atoms with Crippen LogP contribution in [0.15, 0.2) is 48.5 Å². The molecule has 0 aliphatic rings. The second kappa shape index (κ2) is 9.31. The largest absolute Gasteiger partial charge is 0.454 e. The molecule has 0 saturated carbocycles. The summed E-state index contributed by atoms with van der Waals surface area (Å²) in [5.41, 5.74) is 1.77. The molecular weight excluding hydrogens is 339 g/mol. The van der Waals surface area contributed by atoms with Crippen LogP contribution in [0.25, 0.3) is 0 Å². The van der Waals surface area contributed by atoms with Crippen LogP contribution in [-0.4, -0.2) is 30.9 Å². The van der Waals surface area contributed by atoms with Gasteiger partial charge in [-0.15, -0.1) is 0 Å². The van der Waals surface area contributed by atoms with Crippen molar-refractivity contribution in [1.29, 1.82) is 0 Å². The van der Waals surface area contributed by atoms with E-state index >= 15 is 0 Å². The van der Waals surface area contributed by atoms with E-state index in [0.717, 1.165) is 18.1 Å². The highest BCUT2D eigenvalue weighted by Gasteiger charge is 2.11. The maximum absolute atomic E-state index is 13.0. The molecule has 2 rings (SSSR count). The van der Waals surface area contributed by atoms with E-state index in [-0.39, 0.29) is 5.56 Å². The number of benzene rings is 2. The van der Waals surface area contributed by atoms with E-state index in [1.54, 1.807) is 6.07 Å². The number of ether oxygens (including phenoxy) is 1. The molecule has 2 aromatic rings. The first-order valence-electron chi connectivity index (χ1n) is 8.06. The molecule has 0 atom stereocenters. The Balaban J connectivity index is 1.74. The topological polar surface area (TPSA) is 84.5 Å². The highest BCUT2D eigenvalue weighted by Crippen LogP contribution is 2.10. The van der Waals surface area contributed by atoms with E-state index in [1.165, 1.54) is 18.2 Å². The molecule has 2 amide bonds. The molecule has 6 nitrogen and oxygen atoms in total. The van der Waals surface area contributed by atoms with Crippen molar-refractivity contribution in [1.82, 2.24) is 5.32 Å². The Morgan fingerprint density at radius 2 is 1.85 bits per heavy atom. The van der Waals surface area contributed by atoms with Crippen LogP contribution in [0.4, 0.5) is 10.1 Å². The predicted octanol–water partition coefficient (Wildman–Crippen LogP) is 2.30. The number of nitrogens with one attached hydrogen (secondary N) is 2. The third kappa shape index (κ3) is 6.01. The van der Waals surface area contributed by atoms with Crippen molar-refractivity contribution in [3.05, 3.63) is 65.5 Å². The van der Waals surface area contributed by atoms with Crippen LogP contribution in [-0.2, 0) is 20.7 Å². The van der Waals surface area contributed by atoms with Gasteiger partial charge >= 0.3 is 5.97 Å². The molecule has 136 valence electrons. The Bertz CT molecular complexity index is 808. The molecule has 0 saturated heterocycles. The summed E-state index contributed by atoms with van der Waals surface area (Å²) in [6.07, 6.45) is 0.837. The minimum atomic E-state index is -0.771. The maximum atomic E-state index is 13.0. The lowest BCUT2D eigenvalue weighted by atomic mass is 10.1. The maximum Gasteiger partial charge on any atom is 0.325 e. The van der Waals surface area contributed by atoms with Gasteiger partial charge in [-0.25, -0.2) is 4.39 Å². The second-order valence-electron chi connectivity index (χ2n) is 5.46. The fraction of sp³-hybridized carbons (Fsp3) is 0.211. The summed E-state index contributed by atoms with van der Waals surface area (Å²) >= 11 is 0. The van der Waals surface area contributed by atoms with Crippen LogP contribution in [0.5, 0.6) is 0 Å². The summed E-state index contributed by atoms with van der Waals surface area (Å²) in [6, 6.07) is 12.4. The van der Waals surface area contributed by atoms with Gasteiger partial charge < -0.3 is 15.4 Å². The summed E-state index contributed by atoms with van der Waals surface area (Å²) in [6.45, 7) is 1.11. The summed E-state index contributed by atoms with van der Waals surface area (Å²) in [4.78, 5) is 35.2. The number of hydrogen-bond acceptors (Lipinski definition) is 4. The molecule has 0 heterocycles. The molecule has 2 N–H and O–H groups in total. The van der Waals surface area contributed by atoms with Crippen LogP contribution in [0.3, 0.4) is 0 Å². The normalized spacial score (nSPS) is 10.1. The van der Waals surface area contributed by atoms with Gasteiger partial charge in [-0.1, -0.05) is 25.1 Å². The lowest BCUT2D eigenvalue weighted by Gasteiger charge is -2.08. The lowest BCUT2D eigenvalue weighted by Crippen LogP contribution is -2.32. The number of aryl methyl sites for hydroxylation is 1. The molecule has 0 aliphatic carbocycles. The Morgan fingerprint density at radius 3 is 2.58 bits per heavy atom. The Hall–Kier alpha value is -3.22. The average molecular weight is 358 g/mol. The minimum absolute atomic E-state index is 0.0892. The van der Waals surface area contributed by atoms with E-state index in [9.17, 15) is 18.8 Å². The number of halogens is 1. The standard InChI is InChI=1S/C19H19FN2O4/c1-2-13-5-3-8-16(9-13)22-17(23)12-26-18(24)11-21-19(25)14-6-4-7-15(20)10-14/h3-10H,2,11-12H2,1H3,(H,21,25)(H,22,23). The Kier molecular flexibility index (Phi) is 6.84. The summed E-state index contributed by atoms with van der Waals surface area (Å²) < 4.78 is 17.8. The van der Waals surface area contributed by atoms with Crippen molar-refractivity contribution in [2.24, 2.45) is 0 Å². The number of hydrogen-bond donors (Lipinski definition) is 2. The van der Waals surface area contributed by atoms with E-state index < -0.39 is 36.8 Å². The van der Waals surface area contributed by atoms with Crippen molar-refractivity contribution < 1.29 is 23.5 Å². The van der Waals surface area contributed by atoms with Crippen LogP contribution in [0, 0.1) is 5.82 Å². The first-order valence-corrected chi connectivity index (χ1v) is 8.06. The zero-order valence-electron chi connectivity index (χ0n) is 14.3. The Labute approximate surface area is 150 Å². The molecule has 0 bridgehead atoms. The third-order valence-corrected chi connectivity index (χ3v) is 3.46. The zero-order valence-corrected chi connectivity index (χ0v) is 14.3. The molecule has 0 fully saturated rings. The number of amides is 2. The van der Waals surface area contributed by atoms with Gasteiger partial charge in [0.1, 0.15) is 12.4 Å². The number of carbonyl (C=O) groups excluding carboxylic acids is 3. The van der Waals surface area contributed by atoms with Crippen molar-refractivity contribution in [3.8, 4) is 0 Å². The van der Waals surface area contributed by atoms with Gasteiger partial charge in [0.2, 0.25) is 0 Å². The number of carbonyl (C=O) groups is 3. The van der Waals surface area contributed by atoms with Crippen molar-refractivity contribution in [2.45, 2.75) is 13.3 Å². The molecule has 0 aromatic heterocycles. The average Bonchev–Trinajstić information content (AvgIpc) is 2.64. The summed E-state index contributed by atoms with van der Waals surface area (Å²) in [5.74, 6) is -2.42. The van der Waals surface area contributed by atoms with Crippen LogP contribution in [0.1, 0.15) is 22.8 Å². The van der Waals surface area contributed by atoms with Gasteiger partial charge in [-0.2, -0.15) is 0 Å². The minimum Gasteiger partial charge on any atom is -0.454 e. The first kappa shape index (κ1) is 19.1. The lowest BCUT2D eigenvalue weighted by molar-refractivity contribution is -0.146. The first-order chi connectivity index (χ1) is 12.5. The molecule has 2 aromatic carbocycles. The van der Waals surface area contributed by atoms with Crippen LogP contribution >= 0.6 is 0 Å². The van der Waals surface area contributed by atoms with Gasteiger partial charge in [-0.05, 0) is 42.3 Å². The van der Waals surface area contributed by atoms with Crippen molar-refractivity contribution in [3.63, 3.8) is 0 Å². The van der Waals surface area contributed by atoms with Gasteiger partial charge in [-0.3, -0.25) is 14.4 Å². The van der Waals surface area contributed by atoms with Gasteiger partial charge in [0.25, 0.3) is 11.8 Å². The number of rotatable bonds is 7. The summed E-state index contributed by atoms with van der Waals surface area (Å²) in [5, 5.41) is 4.93. The molecular formula is C19H19FN2O4. The molecule has 0 spiro atoms. The van der Waals surface area contributed by atoms with Crippen LogP contribution < -0.4 is 10.6 Å². The molecule has 0 radical (unpaired) electrons. The zero-order chi connectivity index (χ0) is 18.9. The van der Waals surface area contributed by atoms with Crippen molar-refractivity contribution >= 4 is 23.5 Å². The molecule has 7 heteroatoms. The molecule has 0 unspecified atom stereocenters. The van der Waals surface area contributed by atoms with E-state index in [2.05, 4.69) is 10.6 Å². The quantitative estimate of drug-likeness (QED) is 0.744. The summed E-state index contributed by atoms with van der Waals surface area (Å²) in [7, 11) is 0. The van der Waals surface area contributed by atoms with E-state index in [1.807, 2.05) is 25.1 Å². The number of esters is 1. The third-order valence-electron chi connectivity index (χ3n) is 3.46. The van der Waals surface area contributed by atoms with Gasteiger partial charge in [0.15, 0.2) is 6.61 Å². The monoisotopic (exact) mass is 358 g/mol.